The number of ether oxygens (including phenoxy) is 1. The third-order valence-electron chi connectivity index (χ3n) is 3.33. The molecule has 0 saturated carbocycles. The molecule has 0 aliphatic rings. The lowest BCUT2D eigenvalue weighted by Gasteiger charge is -2.12. The first-order valence-corrected chi connectivity index (χ1v) is 7.50. The molecule has 2 rings (SSSR count). The van der Waals surface area contributed by atoms with E-state index in [0.717, 1.165) is 16.8 Å². The molecule has 0 N–H and O–H groups in total. The van der Waals surface area contributed by atoms with Crippen LogP contribution >= 0.6 is 0 Å². The van der Waals surface area contributed by atoms with E-state index in [1.807, 2.05) is 55.4 Å². The molecule has 5 nitrogen and oxygen atoms in total. The number of esters is 1. The van der Waals surface area contributed by atoms with Crippen molar-refractivity contribution in [2.24, 2.45) is 0 Å². The van der Waals surface area contributed by atoms with Crippen LogP contribution in [0.3, 0.4) is 0 Å². The second-order valence-corrected chi connectivity index (χ2v) is 5.33. The SMILES string of the molecule is COC(=O)C=Cc1ccc(OOCc2ccc(N(C)C)cc2)cc1. The summed E-state index contributed by atoms with van der Waals surface area (Å²) in [6.45, 7) is 0.359. The van der Waals surface area contributed by atoms with Gasteiger partial charge in [0.2, 0.25) is 0 Å². The lowest BCUT2D eigenvalue weighted by molar-refractivity contribution is -0.217. The summed E-state index contributed by atoms with van der Waals surface area (Å²) in [5.74, 6) is 0.203. The lowest BCUT2D eigenvalue weighted by atomic mass is 10.2. The van der Waals surface area contributed by atoms with Crippen LogP contribution in [-0.2, 0) is 21.0 Å². The molecular weight excluding hydrogens is 306 g/mol. The summed E-state index contributed by atoms with van der Waals surface area (Å²) >= 11 is 0. The summed E-state index contributed by atoms with van der Waals surface area (Å²) in [4.78, 5) is 23.6. The fourth-order valence-corrected chi connectivity index (χ4v) is 1.92. The summed E-state index contributed by atoms with van der Waals surface area (Å²) in [6, 6.07) is 15.2. The smallest absolute Gasteiger partial charge is 0.330 e. The van der Waals surface area contributed by atoms with Gasteiger partial charge in [0, 0.05) is 25.9 Å². The quantitative estimate of drug-likeness (QED) is 0.337. The first kappa shape index (κ1) is 17.6. The molecule has 2 aromatic rings. The van der Waals surface area contributed by atoms with E-state index in [1.54, 1.807) is 18.2 Å². The Bertz CT molecular complexity index is 676. The van der Waals surface area contributed by atoms with Crippen LogP contribution in [0.25, 0.3) is 6.08 Å². The number of carbonyl (C=O) groups excluding carboxylic acids is 1. The van der Waals surface area contributed by atoms with Gasteiger partial charge < -0.3 is 14.5 Å². The van der Waals surface area contributed by atoms with Crippen molar-refractivity contribution in [2.45, 2.75) is 6.61 Å². The number of methoxy groups -OCH3 is 1. The molecule has 5 heteroatoms. The van der Waals surface area contributed by atoms with Crippen molar-refractivity contribution in [1.82, 2.24) is 0 Å². The van der Waals surface area contributed by atoms with Crippen molar-refractivity contribution in [1.29, 1.82) is 0 Å². The lowest BCUT2D eigenvalue weighted by Crippen LogP contribution is -2.08. The predicted octanol–water partition coefficient (Wildman–Crippen LogP) is 3.45. The van der Waals surface area contributed by atoms with Crippen LogP contribution in [0, 0.1) is 0 Å². The first-order valence-electron chi connectivity index (χ1n) is 7.50. The summed E-state index contributed by atoms with van der Waals surface area (Å²) in [5, 5.41) is 0. The Balaban J connectivity index is 1.82. The molecule has 126 valence electrons. The molecular formula is C19H21NO4. The Morgan fingerprint density at radius 1 is 1.04 bits per heavy atom. The van der Waals surface area contributed by atoms with Gasteiger partial charge >= 0.3 is 5.97 Å². The van der Waals surface area contributed by atoms with Gasteiger partial charge in [-0.25, -0.2) is 4.79 Å². The van der Waals surface area contributed by atoms with E-state index >= 15 is 0 Å². The second-order valence-electron chi connectivity index (χ2n) is 5.33. The number of benzene rings is 2. The number of hydrogen-bond donors (Lipinski definition) is 0. The van der Waals surface area contributed by atoms with Crippen molar-refractivity contribution in [3.05, 3.63) is 65.7 Å². The van der Waals surface area contributed by atoms with Crippen LogP contribution in [-0.4, -0.2) is 27.2 Å². The van der Waals surface area contributed by atoms with Crippen molar-refractivity contribution in [3.8, 4) is 5.75 Å². The molecule has 0 radical (unpaired) electrons. The maximum atomic E-state index is 11.0. The van der Waals surface area contributed by atoms with Crippen molar-refractivity contribution in [3.63, 3.8) is 0 Å². The van der Waals surface area contributed by atoms with Crippen LogP contribution in [0.5, 0.6) is 5.75 Å². The number of hydrogen-bond acceptors (Lipinski definition) is 5. The van der Waals surface area contributed by atoms with E-state index in [-0.39, 0.29) is 5.97 Å². The van der Waals surface area contributed by atoms with Crippen LogP contribution in [0.15, 0.2) is 54.6 Å². The molecule has 0 bridgehead atoms. The molecule has 0 amide bonds. The van der Waals surface area contributed by atoms with E-state index in [9.17, 15) is 4.79 Å². The molecule has 0 aromatic heterocycles. The highest BCUT2D eigenvalue weighted by molar-refractivity contribution is 5.86. The van der Waals surface area contributed by atoms with E-state index in [2.05, 4.69) is 4.74 Å². The fraction of sp³-hybridized carbons (Fsp3) is 0.211. The zero-order valence-corrected chi connectivity index (χ0v) is 14.1. The van der Waals surface area contributed by atoms with Crippen molar-refractivity contribution in [2.75, 3.05) is 26.1 Å². The molecule has 0 aliphatic heterocycles. The normalized spacial score (nSPS) is 10.6. The van der Waals surface area contributed by atoms with Gasteiger partial charge in [-0.05, 0) is 41.5 Å². The minimum Gasteiger partial charge on any atom is -0.466 e. The number of carbonyl (C=O) groups is 1. The number of rotatable bonds is 7. The molecule has 0 saturated heterocycles. The van der Waals surface area contributed by atoms with Crippen LogP contribution in [0.2, 0.25) is 0 Å². The summed E-state index contributed by atoms with van der Waals surface area (Å²) in [5.41, 5.74) is 3.03. The molecule has 2 aromatic carbocycles. The number of anilines is 1. The van der Waals surface area contributed by atoms with Crippen LogP contribution in [0.4, 0.5) is 5.69 Å². The third-order valence-corrected chi connectivity index (χ3v) is 3.33. The Morgan fingerprint density at radius 3 is 2.29 bits per heavy atom. The topological polar surface area (TPSA) is 48.0 Å². The van der Waals surface area contributed by atoms with Gasteiger partial charge in [0.05, 0.1) is 7.11 Å². The average molecular weight is 327 g/mol. The predicted molar refractivity (Wildman–Crippen MR) is 93.7 cm³/mol. The van der Waals surface area contributed by atoms with E-state index in [1.165, 1.54) is 13.2 Å². The Hall–Kier alpha value is -2.79. The molecule has 0 fully saturated rings. The Kier molecular flexibility index (Phi) is 6.40. The zero-order chi connectivity index (χ0) is 17.4. The van der Waals surface area contributed by atoms with Gasteiger partial charge in [-0.3, -0.25) is 0 Å². The van der Waals surface area contributed by atoms with Gasteiger partial charge in [0.15, 0.2) is 5.75 Å². The van der Waals surface area contributed by atoms with E-state index in [0.29, 0.717) is 12.4 Å². The summed E-state index contributed by atoms with van der Waals surface area (Å²) in [6.07, 6.45) is 3.03. The maximum absolute atomic E-state index is 11.0. The molecule has 0 spiro atoms. The van der Waals surface area contributed by atoms with Gasteiger partial charge in [0.1, 0.15) is 6.61 Å². The number of nitrogens with zero attached hydrogens (tertiary/aromatic N) is 1. The molecule has 0 unspecified atom stereocenters. The fourth-order valence-electron chi connectivity index (χ4n) is 1.92. The van der Waals surface area contributed by atoms with E-state index < -0.39 is 0 Å². The minimum absolute atomic E-state index is 0.359. The standard InChI is InChI=1S/C19H21NO4/c1-20(2)17-9-4-16(5-10-17)14-23-24-18-11-6-15(7-12-18)8-13-19(21)22-3/h4-13H,14H2,1-3H3. The average Bonchev–Trinajstić information content (AvgIpc) is 2.61. The zero-order valence-electron chi connectivity index (χ0n) is 14.1. The molecule has 0 aliphatic carbocycles. The van der Waals surface area contributed by atoms with Crippen molar-refractivity contribution >= 4 is 17.7 Å². The van der Waals surface area contributed by atoms with Gasteiger partial charge in [-0.15, -0.1) is 0 Å². The Labute approximate surface area is 142 Å². The molecule has 0 atom stereocenters. The van der Waals surface area contributed by atoms with Crippen LogP contribution in [0.1, 0.15) is 11.1 Å². The highest BCUT2D eigenvalue weighted by Crippen LogP contribution is 2.16. The monoisotopic (exact) mass is 327 g/mol. The molecule has 0 heterocycles. The van der Waals surface area contributed by atoms with Crippen molar-refractivity contribution < 1.29 is 19.3 Å². The van der Waals surface area contributed by atoms with Gasteiger partial charge in [0.25, 0.3) is 0 Å². The maximum Gasteiger partial charge on any atom is 0.330 e. The van der Waals surface area contributed by atoms with E-state index in [4.69, 9.17) is 9.78 Å². The highest BCUT2D eigenvalue weighted by atomic mass is 17.2. The first-order chi connectivity index (χ1) is 11.6. The minimum atomic E-state index is -0.390. The Morgan fingerprint density at radius 2 is 1.71 bits per heavy atom. The second kappa shape index (κ2) is 8.74. The largest absolute Gasteiger partial charge is 0.466 e. The summed E-state index contributed by atoms with van der Waals surface area (Å²) in [7, 11) is 5.34. The third kappa shape index (κ3) is 5.44. The molecule has 24 heavy (non-hydrogen) atoms. The van der Waals surface area contributed by atoms with Gasteiger partial charge in [-0.1, -0.05) is 24.3 Å². The highest BCUT2D eigenvalue weighted by Gasteiger charge is 1.99. The van der Waals surface area contributed by atoms with Gasteiger partial charge in [-0.2, -0.15) is 4.89 Å². The van der Waals surface area contributed by atoms with Crippen LogP contribution < -0.4 is 9.79 Å². The summed E-state index contributed by atoms with van der Waals surface area (Å²) < 4.78 is 4.54.